The summed E-state index contributed by atoms with van der Waals surface area (Å²) in [6, 6.07) is 5.53. The fourth-order valence-electron chi connectivity index (χ4n) is 1.65. The van der Waals surface area contributed by atoms with Crippen LogP contribution in [-0.2, 0) is 0 Å². The van der Waals surface area contributed by atoms with E-state index in [1.165, 1.54) is 6.21 Å². The number of allylic oxidation sites excluding steroid dienone is 1. The molecule has 0 aliphatic heterocycles. The number of nitrogens with two attached hydrogens (primary N) is 1. The van der Waals surface area contributed by atoms with Crippen LogP contribution in [0.2, 0.25) is 0 Å². The summed E-state index contributed by atoms with van der Waals surface area (Å²) in [5.41, 5.74) is 3.21. The van der Waals surface area contributed by atoms with Gasteiger partial charge in [-0.2, -0.15) is 0 Å². The van der Waals surface area contributed by atoms with Crippen molar-refractivity contribution in [1.29, 1.82) is 5.41 Å². The lowest BCUT2D eigenvalue weighted by atomic mass is 10.1. The minimum Gasteiger partial charge on any atom is -0.322 e. The first kappa shape index (κ1) is 12.1. The van der Waals surface area contributed by atoms with Gasteiger partial charge in [0.2, 0.25) is 0 Å². The second kappa shape index (κ2) is 5.29. The number of aliphatic imine (C=N–C) groups is 1. The summed E-state index contributed by atoms with van der Waals surface area (Å²) in [7, 11) is 1.91. The molecule has 2 rings (SSSR count). The smallest absolute Gasteiger partial charge is 0.151 e. The Morgan fingerprint density at radius 2 is 2.28 bits per heavy atom. The fourth-order valence-corrected chi connectivity index (χ4v) is 1.65. The Kier molecular flexibility index (Phi) is 3.54. The third-order valence-corrected chi connectivity index (χ3v) is 2.52. The van der Waals surface area contributed by atoms with Gasteiger partial charge in [-0.3, -0.25) is 4.98 Å². The standard InChI is InChI=1S/C13H13N5/c1-15-7-10(6-14)9-5-12-11(17-8-9)3-4-13(16-2)18-12/h3-8,14-15H,2H2,1H3/p+1. The van der Waals surface area contributed by atoms with E-state index >= 15 is 0 Å². The van der Waals surface area contributed by atoms with E-state index in [1.807, 2.05) is 30.7 Å². The molecule has 0 atom stereocenters. The summed E-state index contributed by atoms with van der Waals surface area (Å²) < 4.78 is 0. The van der Waals surface area contributed by atoms with Gasteiger partial charge < -0.3 is 10.7 Å². The first-order valence-electron chi connectivity index (χ1n) is 5.52. The van der Waals surface area contributed by atoms with Crippen molar-refractivity contribution in [3.8, 4) is 0 Å². The second-order valence-electron chi connectivity index (χ2n) is 3.69. The van der Waals surface area contributed by atoms with Crippen molar-refractivity contribution in [3.63, 3.8) is 0 Å². The largest absolute Gasteiger partial charge is 0.322 e. The predicted molar refractivity (Wildman–Crippen MR) is 73.4 cm³/mol. The number of pyridine rings is 2. The lowest BCUT2D eigenvalue weighted by molar-refractivity contribution is -0.555. The molecule has 0 saturated carbocycles. The van der Waals surface area contributed by atoms with Gasteiger partial charge in [0.15, 0.2) is 5.82 Å². The van der Waals surface area contributed by atoms with Crippen LogP contribution in [0.15, 0.2) is 35.6 Å². The summed E-state index contributed by atoms with van der Waals surface area (Å²) in [4.78, 5) is 12.4. The molecule has 18 heavy (non-hydrogen) atoms. The number of aromatic nitrogens is 2. The molecule has 0 aliphatic rings. The van der Waals surface area contributed by atoms with Gasteiger partial charge in [-0.15, -0.1) is 0 Å². The van der Waals surface area contributed by atoms with Crippen molar-refractivity contribution in [2.45, 2.75) is 0 Å². The molecule has 0 unspecified atom stereocenters. The molecule has 0 aromatic carbocycles. The Hall–Kier alpha value is -2.40. The monoisotopic (exact) mass is 240 g/mol. The van der Waals surface area contributed by atoms with E-state index in [1.54, 1.807) is 12.3 Å². The van der Waals surface area contributed by atoms with Gasteiger partial charge in [0.1, 0.15) is 6.20 Å². The SMILES string of the molecule is C=Nc1ccc2ncc(C(C=N)=C[NH2+]C)cc2n1. The van der Waals surface area contributed by atoms with E-state index in [9.17, 15) is 0 Å². The number of rotatable bonds is 4. The molecule has 0 radical (unpaired) electrons. The molecule has 3 N–H and O–H groups in total. The van der Waals surface area contributed by atoms with Gasteiger partial charge in [-0.1, -0.05) is 0 Å². The maximum atomic E-state index is 7.40. The molecule has 5 heteroatoms. The highest BCUT2D eigenvalue weighted by Crippen LogP contribution is 2.18. The molecule has 5 nitrogen and oxygen atoms in total. The van der Waals surface area contributed by atoms with Crippen molar-refractivity contribution in [2.24, 2.45) is 4.99 Å². The first-order chi connectivity index (χ1) is 8.78. The van der Waals surface area contributed by atoms with E-state index < -0.39 is 0 Å². The predicted octanol–water partition coefficient (Wildman–Crippen LogP) is 1.15. The van der Waals surface area contributed by atoms with Crippen LogP contribution in [0.25, 0.3) is 16.6 Å². The van der Waals surface area contributed by atoms with Crippen LogP contribution in [0.1, 0.15) is 5.56 Å². The number of quaternary nitrogens is 1. The highest BCUT2D eigenvalue weighted by Gasteiger charge is 2.04. The van der Waals surface area contributed by atoms with Gasteiger partial charge in [-0.25, -0.2) is 9.98 Å². The van der Waals surface area contributed by atoms with Gasteiger partial charge in [-0.05, 0) is 24.9 Å². The van der Waals surface area contributed by atoms with E-state index in [-0.39, 0.29) is 0 Å². The zero-order valence-corrected chi connectivity index (χ0v) is 10.1. The molecule has 0 spiro atoms. The van der Waals surface area contributed by atoms with Crippen molar-refractivity contribution in [3.05, 3.63) is 36.2 Å². The maximum Gasteiger partial charge on any atom is 0.151 e. The average Bonchev–Trinajstić information content (AvgIpc) is 2.43. The quantitative estimate of drug-likeness (QED) is 0.786. The van der Waals surface area contributed by atoms with Gasteiger partial charge in [0.25, 0.3) is 0 Å². The Labute approximate surface area is 105 Å². The molecule has 2 aromatic heterocycles. The van der Waals surface area contributed by atoms with Crippen molar-refractivity contribution in [2.75, 3.05) is 7.05 Å². The topological polar surface area (TPSA) is 78.6 Å². The summed E-state index contributed by atoms with van der Waals surface area (Å²) in [6.07, 6.45) is 4.91. The highest BCUT2D eigenvalue weighted by atomic mass is 14.9. The minimum atomic E-state index is 0.573. The molecule has 0 bridgehead atoms. The lowest BCUT2D eigenvalue weighted by Crippen LogP contribution is -2.72. The summed E-state index contributed by atoms with van der Waals surface area (Å²) in [5, 5.41) is 9.29. The van der Waals surface area contributed by atoms with Crippen LogP contribution in [0, 0.1) is 5.41 Å². The maximum absolute atomic E-state index is 7.40. The molecule has 0 fully saturated rings. The summed E-state index contributed by atoms with van der Waals surface area (Å²) in [6.45, 7) is 3.46. The average molecular weight is 240 g/mol. The van der Waals surface area contributed by atoms with Crippen LogP contribution < -0.4 is 5.32 Å². The summed E-state index contributed by atoms with van der Waals surface area (Å²) >= 11 is 0. The van der Waals surface area contributed by atoms with Crippen molar-refractivity contribution in [1.82, 2.24) is 9.97 Å². The van der Waals surface area contributed by atoms with Crippen LogP contribution >= 0.6 is 0 Å². The van der Waals surface area contributed by atoms with E-state index in [4.69, 9.17) is 5.41 Å². The van der Waals surface area contributed by atoms with E-state index in [2.05, 4.69) is 21.7 Å². The Balaban J connectivity index is 2.57. The van der Waals surface area contributed by atoms with E-state index in [0.717, 1.165) is 22.2 Å². The lowest BCUT2D eigenvalue weighted by Gasteiger charge is -2.02. The van der Waals surface area contributed by atoms with E-state index in [0.29, 0.717) is 5.82 Å². The normalized spacial score (nSPS) is 11.5. The van der Waals surface area contributed by atoms with Crippen molar-refractivity contribution < 1.29 is 5.32 Å². The molecule has 0 aliphatic carbocycles. The number of hydrogen-bond acceptors (Lipinski definition) is 4. The molecule has 2 heterocycles. The van der Waals surface area contributed by atoms with Gasteiger partial charge >= 0.3 is 0 Å². The van der Waals surface area contributed by atoms with Crippen LogP contribution in [-0.4, -0.2) is 29.9 Å². The number of hydrogen-bond donors (Lipinski definition) is 2. The van der Waals surface area contributed by atoms with Crippen LogP contribution in [0.4, 0.5) is 5.82 Å². The van der Waals surface area contributed by atoms with Crippen LogP contribution in [0.5, 0.6) is 0 Å². The van der Waals surface area contributed by atoms with Crippen LogP contribution in [0.3, 0.4) is 0 Å². The summed E-state index contributed by atoms with van der Waals surface area (Å²) in [5.74, 6) is 0.573. The third-order valence-electron chi connectivity index (χ3n) is 2.52. The Morgan fingerprint density at radius 1 is 1.44 bits per heavy atom. The minimum absolute atomic E-state index is 0.573. The molecule has 0 amide bonds. The number of fused-ring (bicyclic) bond motifs is 1. The fraction of sp³-hybridized carbons (Fsp3) is 0.0769. The second-order valence-corrected chi connectivity index (χ2v) is 3.69. The zero-order chi connectivity index (χ0) is 13.0. The Bertz CT molecular complexity index is 630. The molecule has 90 valence electrons. The van der Waals surface area contributed by atoms with Gasteiger partial charge in [0, 0.05) is 18.0 Å². The third kappa shape index (κ3) is 2.31. The zero-order valence-electron chi connectivity index (χ0n) is 10.1. The number of nitrogens with one attached hydrogen (secondary N) is 1. The number of nitrogens with zero attached hydrogens (tertiary/aromatic N) is 3. The molecule has 2 aromatic rings. The molecule has 0 saturated heterocycles. The highest BCUT2D eigenvalue weighted by molar-refractivity contribution is 6.08. The van der Waals surface area contributed by atoms with Crippen molar-refractivity contribution >= 4 is 35.4 Å². The molecular formula is C13H14N5+. The first-order valence-corrected chi connectivity index (χ1v) is 5.52. The van der Waals surface area contributed by atoms with Gasteiger partial charge in [0.05, 0.1) is 23.7 Å². The Morgan fingerprint density at radius 3 is 2.94 bits per heavy atom. The molecular weight excluding hydrogens is 226 g/mol.